The van der Waals surface area contributed by atoms with E-state index >= 15 is 0 Å². The van der Waals surface area contributed by atoms with Gasteiger partial charge in [0.2, 0.25) is 0 Å². The van der Waals surface area contributed by atoms with Crippen LogP contribution < -0.4 is 0 Å². The third kappa shape index (κ3) is 6.01. The number of nitrogens with zero attached hydrogens (tertiary/aromatic N) is 2. The number of ketones is 2. The maximum atomic E-state index is 11.9. The van der Waals surface area contributed by atoms with Crippen molar-refractivity contribution in [1.82, 2.24) is 4.90 Å². The zero-order chi connectivity index (χ0) is 15.3. The first-order valence-electron chi connectivity index (χ1n) is 5.96. The van der Waals surface area contributed by atoms with Gasteiger partial charge < -0.3 is 9.32 Å². The smallest absolute Gasteiger partial charge is 0.401 e. The number of allylic oxidation sites excluding steroid dienone is 1. The van der Waals surface area contributed by atoms with Crippen molar-refractivity contribution in [3.05, 3.63) is 33.6 Å². The van der Waals surface area contributed by atoms with Gasteiger partial charge in [-0.3, -0.25) is 19.7 Å². The van der Waals surface area contributed by atoms with Crippen molar-refractivity contribution >= 4 is 40.5 Å². The summed E-state index contributed by atoms with van der Waals surface area (Å²) in [5.41, 5.74) is -0.0175. The van der Waals surface area contributed by atoms with Gasteiger partial charge in [0.25, 0.3) is 0 Å². The molecule has 0 saturated carbocycles. The highest BCUT2D eigenvalue weighted by atomic mass is 79.9. The highest BCUT2D eigenvalue weighted by Gasteiger charge is 2.17. The first kappa shape index (κ1) is 19.2. The van der Waals surface area contributed by atoms with Crippen LogP contribution >= 0.6 is 17.0 Å². The lowest BCUT2D eigenvalue weighted by molar-refractivity contribution is -0.402. The van der Waals surface area contributed by atoms with Crippen LogP contribution in [0.3, 0.4) is 0 Å². The van der Waals surface area contributed by atoms with E-state index in [4.69, 9.17) is 4.42 Å². The number of Topliss-reactive ketones (excluding diaryl/α,β-unsaturated/α-hetero) is 2. The van der Waals surface area contributed by atoms with E-state index < -0.39 is 16.6 Å². The number of hydrogen-bond donors (Lipinski definition) is 0. The van der Waals surface area contributed by atoms with Crippen molar-refractivity contribution in [2.75, 3.05) is 20.6 Å². The van der Waals surface area contributed by atoms with E-state index in [-0.39, 0.29) is 40.5 Å². The van der Waals surface area contributed by atoms with Crippen LogP contribution in [-0.4, -0.2) is 42.0 Å². The predicted octanol–water partition coefficient (Wildman–Crippen LogP) is 2.26. The Labute approximate surface area is 132 Å². The van der Waals surface area contributed by atoms with Gasteiger partial charge in [-0.2, -0.15) is 0 Å². The average Bonchev–Trinajstić information content (AvgIpc) is 2.81. The number of furan rings is 1. The van der Waals surface area contributed by atoms with Gasteiger partial charge in [-0.1, -0.05) is 0 Å². The fraction of sp³-hybridized carbons (Fsp3) is 0.385. The standard InChI is InChI=1S/C13H16N2O5.BrH/c1-9(16)11(12(17)6-7-14(2)3)8-10-4-5-13(20-10)15(18)19;/h4-5,8H,6-7H2,1-3H3;1H/b11-8+;. The molecule has 21 heavy (non-hydrogen) atoms. The van der Waals surface area contributed by atoms with Gasteiger partial charge in [0.1, 0.15) is 10.7 Å². The molecule has 0 aromatic carbocycles. The topological polar surface area (TPSA) is 93.7 Å². The van der Waals surface area contributed by atoms with Crippen LogP contribution in [0.5, 0.6) is 0 Å². The second-order valence-electron chi connectivity index (χ2n) is 4.52. The molecule has 0 fully saturated rings. The molecule has 116 valence electrons. The summed E-state index contributed by atoms with van der Waals surface area (Å²) in [5.74, 6) is -1.03. The summed E-state index contributed by atoms with van der Waals surface area (Å²) in [6, 6.07) is 2.52. The predicted molar refractivity (Wildman–Crippen MR) is 82.5 cm³/mol. The molecule has 0 aliphatic carbocycles. The first-order chi connectivity index (χ1) is 9.31. The molecule has 1 aromatic rings. The minimum atomic E-state index is -0.682. The van der Waals surface area contributed by atoms with Crippen LogP contribution in [0.25, 0.3) is 6.08 Å². The number of carbonyl (C=O) groups is 2. The highest BCUT2D eigenvalue weighted by Crippen LogP contribution is 2.19. The summed E-state index contributed by atoms with van der Waals surface area (Å²) in [6.07, 6.45) is 1.44. The van der Waals surface area contributed by atoms with Crippen molar-refractivity contribution in [1.29, 1.82) is 0 Å². The summed E-state index contributed by atoms with van der Waals surface area (Å²) in [4.78, 5) is 35.1. The molecule has 1 rings (SSSR count). The summed E-state index contributed by atoms with van der Waals surface area (Å²) in [6.45, 7) is 1.79. The lowest BCUT2D eigenvalue weighted by Gasteiger charge is -2.08. The Kier molecular flexibility index (Phi) is 7.75. The van der Waals surface area contributed by atoms with Gasteiger partial charge in [0.05, 0.1) is 11.6 Å². The second-order valence-corrected chi connectivity index (χ2v) is 4.52. The lowest BCUT2D eigenvalue weighted by Crippen LogP contribution is -2.19. The Morgan fingerprint density at radius 1 is 1.38 bits per heavy atom. The van der Waals surface area contributed by atoms with Crippen molar-refractivity contribution in [3.63, 3.8) is 0 Å². The van der Waals surface area contributed by atoms with Crippen molar-refractivity contribution in [3.8, 4) is 0 Å². The molecule has 0 N–H and O–H groups in total. The summed E-state index contributed by atoms with van der Waals surface area (Å²) < 4.78 is 4.91. The Hall–Kier alpha value is -1.80. The molecule has 8 heteroatoms. The number of halogens is 1. The second kappa shape index (κ2) is 8.48. The van der Waals surface area contributed by atoms with Gasteiger partial charge in [0, 0.05) is 13.0 Å². The van der Waals surface area contributed by atoms with Gasteiger partial charge >= 0.3 is 5.88 Å². The molecule has 1 heterocycles. The summed E-state index contributed by atoms with van der Waals surface area (Å²) >= 11 is 0. The van der Waals surface area contributed by atoms with E-state index in [0.717, 1.165) is 0 Å². The van der Waals surface area contributed by atoms with Crippen molar-refractivity contribution in [2.45, 2.75) is 13.3 Å². The van der Waals surface area contributed by atoms with Crippen molar-refractivity contribution in [2.24, 2.45) is 0 Å². The Balaban J connectivity index is 0.00000400. The summed E-state index contributed by atoms with van der Waals surface area (Å²) in [5, 5.41) is 10.5. The van der Waals surface area contributed by atoms with E-state index in [0.29, 0.717) is 6.54 Å². The zero-order valence-electron chi connectivity index (χ0n) is 12.0. The highest BCUT2D eigenvalue weighted by molar-refractivity contribution is 8.93. The fourth-order valence-electron chi connectivity index (χ4n) is 1.50. The molecule has 1 aromatic heterocycles. The normalized spacial score (nSPS) is 11.1. The van der Waals surface area contributed by atoms with E-state index in [9.17, 15) is 19.7 Å². The maximum Gasteiger partial charge on any atom is 0.433 e. The molecule has 0 unspecified atom stereocenters. The number of hydrogen-bond acceptors (Lipinski definition) is 6. The molecule has 0 amide bonds. The first-order valence-corrected chi connectivity index (χ1v) is 5.96. The van der Waals surface area contributed by atoms with Crippen LogP contribution in [0.2, 0.25) is 0 Å². The minimum Gasteiger partial charge on any atom is -0.401 e. The van der Waals surface area contributed by atoms with Crippen LogP contribution in [0.15, 0.2) is 22.1 Å². The molecule has 0 saturated heterocycles. The average molecular weight is 361 g/mol. The van der Waals surface area contributed by atoms with Gasteiger partial charge in [-0.15, -0.1) is 17.0 Å². The Morgan fingerprint density at radius 2 is 2.00 bits per heavy atom. The lowest BCUT2D eigenvalue weighted by atomic mass is 10.0. The van der Waals surface area contributed by atoms with Gasteiger partial charge in [-0.05, 0) is 33.2 Å². The van der Waals surface area contributed by atoms with E-state index in [1.165, 1.54) is 25.1 Å². The van der Waals surface area contributed by atoms with Gasteiger partial charge in [0.15, 0.2) is 11.6 Å². The molecule has 0 aliphatic heterocycles. The molecule has 0 bridgehead atoms. The van der Waals surface area contributed by atoms with E-state index in [1.54, 1.807) is 0 Å². The monoisotopic (exact) mass is 360 g/mol. The quantitative estimate of drug-likeness (QED) is 0.243. The third-order valence-corrected chi connectivity index (χ3v) is 2.54. The largest absolute Gasteiger partial charge is 0.433 e. The number of carbonyl (C=O) groups excluding carboxylic acids is 2. The van der Waals surface area contributed by atoms with Crippen LogP contribution in [-0.2, 0) is 9.59 Å². The molecular weight excluding hydrogens is 344 g/mol. The minimum absolute atomic E-state index is 0. The molecular formula is C13H17BrN2O5. The van der Waals surface area contributed by atoms with E-state index in [2.05, 4.69) is 0 Å². The Morgan fingerprint density at radius 3 is 2.43 bits per heavy atom. The van der Waals surface area contributed by atoms with Crippen LogP contribution in [0.1, 0.15) is 19.1 Å². The molecule has 7 nitrogen and oxygen atoms in total. The zero-order valence-corrected chi connectivity index (χ0v) is 13.7. The number of rotatable bonds is 7. The van der Waals surface area contributed by atoms with Crippen LogP contribution in [0, 0.1) is 10.1 Å². The number of nitro groups is 1. The summed E-state index contributed by atoms with van der Waals surface area (Å²) in [7, 11) is 3.64. The SMILES string of the molecule is Br.CC(=O)/C(=C\c1ccc([N+](=O)[O-])o1)C(=O)CCN(C)C. The van der Waals surface area contributed by atoms with E-state index in [1.807, 2.05) is 19.0 Å². The fourth-order valence-corrected chi connectivity index (χ4v) is 1.50. The van der Waals surface area contributed by atoms with Gasteiger partial charge in [-0.25, -0.2) is 0 Å². The third-order valence-electron chi connectivity index (χ3n) is 2.54. The maximum absolute atomic E-state index is 11.9. The van der Waals surface area contributed by atoms with Crippen LogP contribution in [0.4, 0.5) is 5.88 Å². The molecule has 0 atom stereocenters. The molecule has 0 aliphatic rings. The Bertz CT molecular complexity index is 563. The molecule has 0 spiro atoms. The van der Waals surface area contributed by atoms with Crippen molar-refractivity contribution < 1.29 is 18.9 Å². The molecule has 0 radical (unpaired) electrons.